The van der Waals surface area contributed by atoms with Crippen LogP contribution in [0, 0.1) is 17.6 Å². The van der Waals surface area contributed by atoms with Crippen LogP contribution in [0.25, 0.3) is 22.5 Å². The minimum atomic E-state index is -0.764. The molecule has 2 aromatic heterocycles. The van der Waals surface area contributed by atoms with Crippen LogP contribution in [0.15, 0.2) is 60.7 Å². The molecule has 48 heavy (non-hydrogen) atoms. The summed E-state index contributed by atoms with van der Waals surface area (Å²) < 4.78 is 32.1. The summed E-state index contributed by atoms with van der Waals surface area (Å²) in [6.45, 7) is 8.38. The average molecular weight is 661 g/mol. The number of anilines is 2. The maximum atomic E-state index is 13.9. The number of nitrogens with two attached hydrogens (primary N) is 2. The van der Waals surface area contributed by atoms with E-state index in [1.165, 1.54) is 12.1 Å². The molecule has 14 heteroatoms. The molecule has 0 radical (unpaired) electrons. The van der Waals surface area contributed by atoms with Crippen molar-refractivity contribution in [2.24, 2.45) is 17.4 Å². The normalized spacial score (nSPS) is 14.0. The molecule has 1 atom stereocenters. The van der Waals surface area contributed by atoms with Gasteiger partial charge in [-0.1, -0.05) is 30.3 Å². The lowest BCUT2D eigenvalue weighted by Gasteiger charge is -2.31. The summed E-state index contributed by atoms with van der Waals surface area (Å²) in [7, 11) is 0. The van der Waals surface area contributed by atoms with Crippen LogP contribution in [0.3, 0.4) is 0 Å². The standard InChI is InChI=1S/C19H22N4O3.C15H16F2N4O/c1-2-26-18(25)14-9-6-10-23(12-14)19-21-15(11-16(22-19)17(20)24)13-7-4-3-5-8-13;1-3-21(4-2)15-19-12(8-13(20-15)14(18)22)10-6-5-9(16)7-11(10)17/h3-5,7-8,11,14H,2,6,9-10,12H2,1H3,(H2,20,24);5-8H,3-4H2,1-2H3,(H2,18,22). The van der Waals surface area contributed by atoms with Gasteiger partial charge in [0.15, 0.2) is 0 Å². The van der Waals surface area contributed by atoms with Gasteiger partial charge >= 0.3 is 5.97 Å². The Balaban J connectivity index is 0.000000220. The Kier molecular flexibility index (Phi) is 12.0. The number of amides is 2. The van der Waals surface area contributed by atoms with Crippen LogP contribution in [0.1, 0.15) is 54.6 Å². The van der Waals surface area contributed by atoms with E-state index in [0.29, 0.717) is 44.4 Å². The van der Waals surface area contributed by atoms with Gasteiger partial charge in [0.05, 0.1) is 23.9 Å². The smallest absolute Gasteiger partial charge is 0.310 e. The first kappa shape index (κ1) is 35.3. The highest BCUT2D eigenvalue weighted by molar-refractivity contribution is 5.92. The molecule has 1 aliphatic rings. The van der Waals surface area contributed by atoms with Gasteiger partial charge < -0.3 is 26.0 Å². The van der Waals surface area contributed by atoms with Gasteiger partial charge in [-0.3, -0.25) is 14.4 Å². The number of hydrogen-bond donors (Lipinski definition) is 2. The highest BCUT2D eigenvalue weighted by Crippen LogP contribution is 2.26. The quantitative estimate of drug-likeness (QED) is 0.233. The van der Waals surface area contributed by atoms with E-state index in [1.807, 2.05) is 49.1 Å². The van der Waals surface area contributed by atoms with E-state index < -0.39 is 23.4 Å². The van der Waals surface area contributed by atoms with Crippen molar-refractivity contribution in [3.05, 3.63) is 83.7 Å². The predicted molar refractivity (Wildman–Crippen MR) is 177 cm³/mol. The Hall–Kier alpha value is -5.53. The molecule has 0 spiro atoms. The lowest BCUT2D eigenvalue weighted by molar-refractivity contribution is -0.148. The fourth-order valence-electron chi connectivity index (χ4n) is 5.11. The maximum absolute atomic E-state index is 13.9. The van der Waals surface area contributed by atoms with Crippen LogP contribution >= 0.6 is 0 Å². The largest absolute Gasteiger partial charge is 0.466 e. The number of piperidine rings is 1. The van der Waals surface area contributed by atoms with Gasteiger partial charge in [-0.15, -0.1) is 0 Å². The number of ether oxygens (including phenoxy) is 1. The molecule has 4 aromatic rings. The van der Waals surface area contributed by atoms with Crippen molar-refractivity contribution in [1.29, 1.82) is 0 Å². The van der Waals surface area contributed by atoms with Crippen LogP contribution in [-0.2, 0) is 9.53 Å². The first-order chi connectivity index (χ1) is 23.0. The van der Waals surface area contributed by atoms with Crippen molar-refractivity contribution >= 4 is 29.7 Å². The molecule has 0 aliphatic carbocycles. The Morgan fingerprint density at radius 3 is 2.17 bits per heavy atom. The molecule has 4 N–H and O–H groups in total. The third kappa shape index (κ3) is 8.84. The number of hydrogen-bond acceptors (Lipinski definition) is 10. The number of primary amides is 2. The van der Waals surface area contributed by atoms with Crippen molar-refractivity contribution in [2.75, 3.05) is 42.6 Å². The Labute approximate surface area is 277 Å². The number of aromatic nitrogens is 4. The van der Waals surface area contributed by atoms with Crippen molar-refractivity contribution in [2.45, 2.75) is 33.6 Å². The van der Waals surface area contributed by atoms with Crippen LogP contribution in [0.5, 0.6) is 0 Å². The minimum Gasteiger partial charge on any atom is -0.466 e. The van der Waals surface area contributed by atoms with Crippen LogP contribution in [0.2, 0.25) is 0 Å². The summed E-state index contributed by atoms with van der Waals surface area (Å²) in [5.74, 6) is -2.52. The van der Waals surface area contributed by atoms with Gasteiger partial charge in [0.1, 0.15) is 23.0 Å². The second-order valence-corrected chi connectivity index (χ2v) is 10.8. The van der Waals surface area contributed by atoms with E-state index in [9.17, 15) is 23.2 Å². The molecule has 12 nitrogen and oxygen atoms in total. The summed E-state index contributed by atoms with van der Waals surface area (Å²) in [6, 6.07) is 15.6. The lowest BCUT2D eigenvalue weighted by atomic mass is 9.98. The van der Waals surface area contributed by atoms with Gasteiger partial charge in [-0.2, -0.15) is 0 Å². The van der Waals surface area contributed by atoms with Gasteiger partial charge in [0.25, 0.3) is 11.8 Å². The molecule has 2 aromatic carbocycles. The second kappa shape index (κ2) is 16.3. The summed E-state index contributed by atoms with van der Waals surface area (Å²) >= 11 is 0. The lowest BCUT2D eigenvalue weighted by Crippen LogP contribution is -2.40. The molecule has 3 heterocycles. The zero-order valence-corrected chi connectivity index (χ0v) is 27.0. The predicted octanol–water partition coefficient (Wildman–Crippen LogP) is 4.39. The first-order valence-corrected chi connectivity index (χ1v) is 15.6. The average Bonchev–Trinajstić information content (AvgIpc) is 3.09. The number of carbonyl (C=O) groups excluding carboxylic acids is 3. The third-order valence-electron chi connectivity index (χ3n) is 7.58. The number of carbonyl (C=O) groups is 3. The van der Waals surface area contributed by atoms with E-state index in [-0.39, 0.29) is 40.5 Å². The zero-order valence-electron chi connectivity index (χ0n) is 27.0. The van der Waals surface area contributed by atoms with Crippen LogP contribution < -0.4 is 21.3 Å². The first-order valence-electron chi connectivity index (χ1n) is 15.6. The number of benzene rings is 2. The summed E-state index contributed by atoms with van der Waals surface area (Å²) in [4.78, 5) is 56.2. The van der Waals surface area contributed by atoms with Crippen molar-refractivity contribution < 1.29 is 27.9 Å². The van der Waals surface area contributed by atoms with E-state index >= 15 is 0 Å². The van der Waals surface area contributed by atoms with E-state index in [2.05, 4.69) is 19.9 Å². The highest BCUT2D eigenvalue weighted by Gasteiger charge is 2.29. The highest BCUT2D eigenvalue weighted by atomic mass is 19.1. The number of esters is 1. The van der Waals surface area contributed by atoms with Crippen molar-refractivity contribution in [3.8, 4) is 22.5 Å². The SMILES string of the molecule is CCN(CC)c1nc(C(N)=O)cc(-c2ccc(F)cc2F)n1.CCOC(=O)C1CCCN(c2nc(C(N)=O)cc(-c3ccccc3)n2)C1. The number of nitrogens with zero attached hydrogens (tertiary/aromatic N) is 6. The van der Waals surface area contributed by atoms with Gasteiger partial charge in [-0.05, 0) is 57.9 Å². The monoisotopic (exact) mass is 660 g/mol. The maximum Gasteiger partial charge on any atom is 0.310 e. The molecule has 2 amide bonds. The molecule has 0 saturated carbocycles. The summed E-state index contributed by atoms with van der Waals surface area (Å²) in [5.41, 5.74) is 12.6. The number of rotatable bonds is 10. The zero-order chi connectivity index (χ0) is 34.8. The fourth-order valence-corrected chi connectivity index (χ4v) is 5.11. The van der Waals surface area contributed by atoms with E-state index in [4.69, 9.17) is 16.2 Å². The van der Waals surface area contributed by atoms with Gasteiger partial charge in [0.2, 0.25) is 11.9 Å². The van der Waals surface area contributed by atoms with Crippen molar-refractivity contribution in [1.82, 2.24) is 19.9 Å². The topological polar surface area (TPSA) is 171 Å². The van der Waals surface area contributed by atoms with Crippen molar-refractivity contribution in [3.63, 3.8) is 0 Å². The van der Waals surface area contributed by atoms with Crippen LogP contribution in [0.4, 0.5) is 20.7 Å². The molecule has 1 saturated heterocycles. The molecule has 5 rings (SSSR count). The molecule has 1 fully saturated rings. The Morgan fingerprint density at radius 1 is 0.875 bits per heavy atom. The summed E-state index contributed by atoms with van der Waals surface area (Å²) in [6.07, 6.45) is 1.60. The molecule has 1 aliphatic heterocycles. The second-order valence-electron chi connectivity index (χ2n) is 10.8. The van der Waals surface area contributed by atoms with Gasteiger partial charge in [-0.25, -0.2) is 28.7 Å². The molecular formula is C34H38F2N8O4. The van der Waals surface area contributed by atoms with Crippen LogP contribution in [-0.4, -0.2) is 70.5 Å². The summed E-state index contributed by atoms with van der Waals surface area (Å²) in [5, 5.41) is 0. The molecule has 252 valence electrons. The van der Waals surface area contributed by atoms with E-state index in [1.54, 1.807) is 17.9 Å². The minimum absolute atomic E-state index is 0.0179. The molecular weight excluding hydrogens is 622 g/mol. The Morgan fingerprint density at radius 2 is 1.54 bits per heavy atom. The third-order valence-corrected chi connectivity index (χ3v) is 7.58. The number of halogens is 2. The fraction of sp³-hybridized carbons (Fsp3) is 0.324. The molecule has 0 bridgehead atoms. The Bertz CT molecular complexity index is 1750. The van der Waals surface area contributed by atoms with Gasteiger partial charge in [0, 0.05) is 43.4 Å². The molecule has 1 unspecified atom stereocenters. The van der Waals surface area contributed by atoms with E-state index in [0.717, 1.165) is 30.5 Å².